The van der Waals surface area contributed by atoms with E-state index in [1.165, 1.54) is 12.1 Å². The zero-order valence-corrected chi connectivity index (χ0v) is 15.8. The molecular weight excluding hydrogens is 360 g/mol. The van der Waals surface area contributed by atoms with Crippen LogP contribution in [-0.2, 0) is 9.31 Å². The summed E-state index contributed by atoms with van der Waals surface area (Å²) in [4.78, 5) is 12.6. The fourth-order valence-corrected chi connectivity index (χ4v) is 3.18. The minimum atomic E-state index is -0.617. The van der Waals surface area contributed by atoms with E-state index in [-0.39, 0.29) is 11.7 Å². The van der Waals surface area contributed by atoms with Crippen molar-refractivity contribution in [3.05, 3.63) is 66.2 Å². The topological polar surface area (TPSA) is 60.7 Å². The van der Waals surface area contributed by atoms with Crippen LogP contribution in [0.2, 0.25) is 0 Å². The number of carbonyl (C=O) groups is 1. The molecular formula is C21H19BFNO4. The molecule has 5 nitrogen and oxygen atoms in total. The van der Waals surface area contributed by atoms with Crippen LogP contribution in [0.3, 0.4) is 0 Å². The van der Waals surface area contributed by atoms with E-state index < -0.39 is 12.7 Å². The molecule has 7 heteroatoms. The van der Waals surface area contributed by atoms with Crippen LogP contribution >= 0.6 is 0 Å². The number of carbonyl (C=O) groups excluding carboxylic acids is 1. The number of hydrogen-bond donors (Lipinski definition) is 1. The molecule has 0 aliphatic carbocycles. The van der Waals surface area contributed by atoms with E-state index in [0.29, 0.717) is 33.6 Å². The van der Waals surface area contributed by atoms with Crippen LogP contribution in [0.4, 0.5) is 4.39 Å². The molecule has 0 atom stereocenters. The molecule has 3 aromatic rings. The number of rotatable bonds is 3. The first-order valence-corrected chi connectivity index (χ1v) is 8.88. The molecule has 1 amide bonds. The van der Waals surface area contributed by atoms with Gasteiger partial charge in [0, 0.05) is 18.0 Å². The Balaban J connectivity index is 1.85. The third kappa shape index (κ3) is 2.97. The molecule has 28 heavy (non-hydrogen) atoms. The van der Waals surface area contributed by atoms with Crippen LogP contribution < -0.4 is 10.8 Å². The average Bonchev–Trinajstić information content (AvgIpc) is 3.18. The number of halogens is 1. The molecule has 0 bridgehead atoms. The van der Waals surface area contributed by atoms with Gasteiger partial charge in [-0.15, -0.1) is 0 Å². The van der Waals surface area contributed by atoms with Crippen molar-refractivity contribution >= 4 is 29.5 Å². The summed E-state index contributed by atoms with van der Waals surface area (Å²) in [6, 6.07) is 11.2. The standard InChI is InChI=1S/C21H19BFNO4/c1-12-21(2,3)28-22(27-12)14-7-10-17-16(11-14)18(20(25)24-4)19(26-17)13-5-8-15(23)9-6-13/h5-11H,1H2,2-4H3,(H,24,25). The minimum absolute atomic E-state index is 0.298. The smallest absolute Gasteiger partial charge is 0.534 e. The number of nitrogens with one attached hydrogen (secondary N) is 1. The summed E-state index contributed by atoms with van der Waals surface area (Å²) in [5.74, 6) is 0.267. The van der Waals surface area contributed by atoms with Gasteiger partial charge < -0.3 is 19.0 Å². The van der Waals surface area contributed by atoms with Crippen molar-refractivity contribution in [2.45, 2.75) is 19.4 Å². The lowest BCUT2D eigenvalue weighted by Crippen LogP contribution is -2.34. The molecule has 2 aromatic carbocycles. The Morgan fingerprint density at radius 1 is 1.18 bits per heavy atom. The summed E-state index contributed by atoms with van der Waals surface area (Å²) in [5, 5.41) is 3.26. The summed E-state index contributed by atoms with van der Waals surface area (Å²) in [5.41, 5.74) is 1.68. The van der Waals surface area contributed by atoms with E-state index in [4.69, 9.17) is 13.7 Å². The number of hydrogen-bond acceptors (Lipinski definition) is 4. The third-order valence-corrected chi connectivity index (χ3v) is 4.87. The fourth-order valence-electron chi connectivity index (χ4n) is 3.18. The number of fused-ring (bicyclic) bond motifs is 1. The normalized spacial score (nSPS) is 15.7. The largest absolute Gasteiger partial charge is 0.563 e. The van der Waals surface area contributed by atoms with E-state index in [1.54, 1.807) is 25.2 Å². The first kappa shape index (κ1) is 18.3. The Morgan fingerprint density at radius 2 is 1.89 bits per heavy atom. The molecule has 1 aliphatic rings. The van der Waals surface area contributed by atoms with Crippen LogP contribution in [0.25, 0.3) is 22.3 Å². The van der Waals surface area contributed by atoms with Crippen LogP contribution in [-0.4, -0.2) is 25.7 Å². The van der Waals surface area contributed by atoms with Crippen LogP contribution in [0.1, 0.15) is 24.2 Å². The van der Waals surface area contributed by atoms with Gasteiger partial charge in [0.15, 0.2) is 0 Å². The molecule has 0 unspecified atom stereocenters. The van der Waals surface area contributed by atoms with Gasteiger partial charge in [-0.2, -0.15) is 0 Å². The molecule has 142 valence electrons. The van der Waals surface area contributed by atoms with Gasteiger partial charge in [0.05, 0.1) is 11.3 Å². The number of amides is 1. The van der Waals surface area contributed by atoms with E-state index in [9.17, 15) is 9.18 Å². The molecule has 1 aromatic heterocycles. The second-order valence-electron chi connectivity index (χ2n) is 7.15. The number of benzene rings is 2. The van der Waals surface area contributed by atoms with Gasteiger partial charge in [0.2, 0.25) is 0 Å². The van der Waals surface area contributed by atoms with Crippen molar-refractivity contribution in [1.82, 2.24) is 5.32 Å². The first-order chi connectivity index (χ1) is 13.3. The van der Waals surface area contributed by atoms with Crippen molar-refractivity contribution in [2.75, 3.05) is 7.05 Å². The first-order valence-electron chi connectivity index (χ1n) is 8.88. The highest BCUT2D eigenvalue weighted by molar-refractivity contribution is 6.62. The Morgan fingerprint density at radius 3 is 2.50 bits per heavy atom. The van der Waals surface area contributed by atoms with Crippen molar-refractivity contribution < 1.29 is 22.9 Å². The monoisotopic (exact) mass is 379 g/mol. The maximum Gasteiger partial charge on any atom is 0.563 e. The maximum absolute atomic E-state index is 13.3. The summed E-state index contributed by atoms with van der Waals surface area (Å²) in [6.45, 7) is 7.66. The van der Waals surface area contributed by atoms with Gasteiger partial charge >= 0.3 is 7.12 Å². The number of furan rings is 1. The zero-order chi connectivity index (χ0) is 20.1. The van der Waals surface area contributed by atoms with E-state index in [1.807, 2.05) is 26.0 Å². The average molecular weight is 379 g/mol. The van der Waals surface area contributed by atoms with E-state index in [0.717, 1.165) is 5.46 Å². The third-order valence-electron chi connectivity index (χ3n) is 4.87. The molecule has 4 rings (SSSR count). The highest BCUT2D eigenvalue weighted by atomic mass is 19.1. The van der Waals surface area contributed by atoms with E-state index >= 15 is 0 Å². The summed E-state index contributed by atoms with van der Waals surface area (Å²) in [7, 11) is 0.934. The lowest BCUT2D eigenvalue weighted by Gasteiger charge is -2.15. The van der Waals surface area contributed by atoms with Crippen LogP contribution in [0.5, 0.6) is 0 Å². The SMILES string of the molecule is C=C1OB(c2ccc3oc(-c4ccc(F)cc4)c(C(=O)NC)c3c2)OC1(C)C. The van der Waals surface area contributed by atoms with Crippen molar-refractivity contribution in [3.8, 4) is 11.3 Å². The predicted molar refractivity (Wildman–Crippen MR) is 106 cm³/mol. The second kappa shape index (κ2) is 6.53. The Labute approximate surface area is 162 Å². The quantitative estimate of drug-likeness (QED) is 0.706. The van der Waals surface area contributed by atoms with Crippen LogP contribution in [0, 0.1) is 5.82 Å². The van der Waals surface area contributed by atoms with Crippen LogP contribution in [0.15, 0.2) is 59.2 Å². The molecule has 0 spiro atoms. The molecule has 0 saturated carbocycles. The van der Waals surface area contributed by atoms with Crippen molar-refractivity contribution in [2.24, 2.45) is 0 Å². The minimum Gasteiger partial charge on any atom is -0.534 e. The summed E-state index contributed by atoms with van der Waals surface area (Å²) >= 11 is 0. The van der Waals surface area contributed by atoms with Gasteiger partial charge in [-0.3, -0.25) is 4.79 Å². The molecule has 1 fully saturated rings. The highest BCUT2D eigenvalue weighted by Crippen LogP contribution is 2.34. The fraction of sp³-hybridized carbons (Fsp3) is 0.190. The zero-order valence-electron chi connectivity index (χ0n) is 15.8. The maximum atomic E-state index is 13.3. The van der Waals surface area contributed by atoms with Gasteiger partial charge in [-0.05, 0) is 55.7 Å². The van der Waals surface area contributed by atoms with Crippen molar-refractivity contribution in [3.63, 3.8) is 0 Å². The van der Waals surface area contributed by atoms with E-state index in [2.05, 4.69) is 11.9 Å². The summed E-state index contributed by atoms with van der Waals surface area (Å²) < 4.78 is 30.9. The van der Waals surface area contributed by atoms with Crippen molar-refractivity contribution in [1.29, 1.82) is 0 Å². The van der Waals surface area contributed by atoms with Gasteiger partial charge in [-0.1, -0.05) is 12.6 Å². The molecule has 0 radical (unpaired) electrons. The van der Waals surface area contributed by atoms with Gasteiger partial charge in [0.25, 0.3) is 5.91 Å². The lowest BCUT2D eigenvalue weighted by molar-refractivity contribution is 0.0964. The van der Waals surface area contributed by atoms with Gasteiger partial charge in [-0.25, -0.2) is 4.39 Å². The predicted octanol–water partition coefficient (Wildman–Crippen LogP) is 3.63. The molecule has 1 saturated heterocycles. The Bertz CT molecular complexity index is 1090. The summed E-state index contributed by atoms with van der Waals surface area (Å²) in [6.07, 6.45) is 0. The Hall–Kier alpha value is -3.06. The lowest BCUT2D eigenvalue weighted by atomic mass is 9.78. The highest BCUT2D eigenvalue weighted by Gasteiger charge is 2.43. The molecule has 1 aliphatic heterocycles. The molecule has 2 heterocycles. The van der Waals surface area contributed by atoms with Gasteiger partial charge in [0.1, 0.15) is 22.8 Å². The Kier molecular flexibility index (Phi) is 4.27. The molecule has 1 N–H and O–H groups in total. The second-order valence-corrected chi connectivity index (χ2v) is 7.15.